The Morgan fingerprint density at radius 2 is 2.06 bits per heavy atom. The van der Waals surface area contributed by atoms with Crippen LogP contribution in [0.5, 0.6) is 0 Å². The molecule has 18 heavy (non-hydrogen) atoms. The maximum atomic E-state index is 14.0. The van der Waals surface area contributed by atoms with Crippen molar-refractivity contribution < 1.29 is 4.39 Å². The van der Waals surface area contributed by atoms with Crippen molar-refractivity contribution in [3.63, 3.8) is 0 Å². The number of aromatic nitrogens is 2. The summed E-state index contributed by atoms with van der Waals surface area (Å²) in [5.41, 5.74) is 7.83. The molecule has 1 heterocycles. The number of rotatable bonds is 4. The molecule has 0 spiro atoms. The minimum atomic E-state index is -0.205. The zero-order valence-corrected chi connectivity index (χ0v) is 10.1. The van der Waals surface area contributed by atoms with Crippen LogP contribution >= 0.6 is 0 Å². The van der Waals surface area contributed by atoms with Gasteiger partial charge in [-0.3, -0.25) is 4.68 Å². The van der Waals surface area contributed by atoms with Gasteiger partial charge in [-0.2, -0.15) is 5.10 Å². The first-order valence-electron chi connectivity index (χ1n) is 6.27. The highest BCUT2D eigenvalue weighted by atomic mass is 19.1. The van der Waals surface area contributed by atoms with E-state index in [1.54, 1.807) is 16.8 Å². The molecule has 0 saturated heterocycles. The molecular formula is C14H16FN3. The zero-order valence-electron chi connectivity index (χ0n) is 10.1. The molecule has 0 atom stereocenters. The maximum Gasteiger partial charge on any atom is 0.132 e. The molecule has 0 bridgehead atoms. The van der Waals surface area contributed by atoms with Gasteiger partial charge in [0.2, 0.25) is 0 Å². The highest BCUT2D eigenvalue weighted by Crippen LogP contribution is 2.38. The van der Waals surface area contributed by atoms with Gasteiger partial charge in [0.05, 0.1) is 12.2 Å². The quantitative estimate of drug-likeness (QED) is 0.899. The lowest BCUT2D eigenvalue weighted by Gasteiger charge is -2.07. The fraction of sp³-hybridized carbons (Fsp3) is 0.357. The Labute approximate surface area is 105 Å². The normalized spacial score (nSPS) is 15.0. The van der Waals surface area contributed by atoms with Crippen molar-refractivity contribution in [1.82, 2.24) is 9.78 Å². The van der Waals surface area contributed by atoms with Crippen LogP contribution in [-0.2, 0) is 13.1 Å². The second-order valence-corrected chi connectivity index (χ2v) is 4.81. The third-order valence-corrected chi connectivity index (χ3v) is 3.37. The first-order valence-corrected chi connectivity index (χ1v) is 6.27. The van der Waals surface area contributed by atoms with E-state index in [2.05, 4.69) is 5.10 Å². The van der Waals surface area contributed by atoms with Crippen LogP contribution in [0.3, 0.4) is 0 Å². The molecule has 0 amide bonds. The molecule has 3 rings (SSSR count). The Hall–Kier alpha value is -1.68. The van der Waals surface area contributed by atoms with E-state index in [0.717, 1.165) is 5.69 Å². The van der Waals surface area contributed by atoms with E-state index in [1.807, 2.05) is 18.3 Å². The van der Waals surface area contributed by atoms with Crippen LogP contribution in [0.2, 0.25) is 0 Å². The molecule has 2 aromatic rings. The lowest BCUT2D eigenvalue weighted by Crippen LogP contribution is -2.07. The monoisotopic (exact) mass is 245 g/mol. The van der Waals surface area contributed by atoms with Crippen LogP contribution in [0.25, 0.3) is 0 Å². The SMILES string of the molecule is NCc1cccc(Cn2ccc(C3CC3)n2)c1F. The summed E-state index contributed by atoms with van der Waals surface area (Å²) in [6, 6.07) is 7.37. The summed E-state index contributed by atoms with van der Waals surface area (Å²) >= 11 is 0. The summed E-state index contributed by atoms with van der Waals surface area (Å²) in [6.07, 6.45) is 4.38. The maximum absolute atomic E-state index is 14.0. The lowest BCUT2D eigenvalue weighted by atomic mass is 10.1. The van der Waals surface area contributed by atoms with E-state index in [4.69, 9.17) is 5.73 Å². The minimum absolute atomic E-state index is 0.205. The van der Waals surface area contributed by atoms with Crippen molar-refractivity contribution in [2.24, 2.45) is 5.73 Å². The Balaban J connectivity index is 1.82. The van der Waals surface area contributed by atoms with Crippen LogP contribution in [0.1, 0.15) is 35.6 Å². The Morgan fingerprint density at radius 3 is 2.78 bits per heavy atom. The lowest BCUT2D eigenvalue weighted by molar-refractivity contribution is 0.570. The van der Waals surface area contributed by atoms with Crippen LogP contribution in [0.4, 0.5) is 4.39 Å². The molecule has 94 valence electrons. The third kappa shape index (κ3) is 2.16. The Kier molecular flexibility index (Phi) is 2.88. The van der Waals surface area contributed by atoms with Gasteiger partial charge in [-0.1, -0.05) is 18.2 Å². The highest BCUT2D eigenvalue weighted by Gasteiger charge is 2.25. The molecular weight excluding hydrogens is 229 g/mol. The first-order chi connectivity index (χ1) is 8.78. The van der Waals surface area contributed by atoms with Crippen molar-refractivity contribution in [2.75, 3.05) is 0 Å². The average molecular weight is 245 g/mol. The Bertz CT molecular complexity index is 558. The minimum Gasteiger partial charge on any atom is -0.326 e. The molecule has 0 unspecified atom stereocenters. The van der Waals surface area contributed by atoms with Crippen LogP contribution in [0.15, 0.2) is 30.5 Å². The van der Waals surface area contributed by atoms with Crippen LogP contribution in [0, 0.1) is 5.82 Å². The summed E-state index contributed by atoms with van der Waals surface area (Å²) in [4.78, 5) is 0. The summed E-state index contributed by atoms with van der Waals surface area (Å²) in [5, 5.41) is 4.48. The van der Waals surface area contributed by atoms with Gasteiger partial charge in [0, 0.05) is 29.8 Å². The molecule has 2 N–H and O–H groups in total. The zero-order chi connectivity index (χ0) is 12.5. The molecule has 1 fully saturated rings. The van der Waals surface area contributed by atoms with E-state index in [-0.39, 0.29) is 12.4 Å². The van der Waals surface area contributed by atoms with E-state index < -0.39 is 0 Å². The van der Waals surface area contributed by atoms with Crippen molar-refractivity contribution >= 4 is 0 Å². The fourth-order valence-electron chi connectivity index (χ4n) is 2.15. The van der Waals surface area contributed by atoms with Gasteiger partial charge in [0.25, 0.3) is 0 Å². The molecule has 1 saturated carbocycles. The number of nitrogens with two attached hydrogens (primary N) is 1. The average Bonchev–Trinajstić information content (AvgIpc) is 3.13. The Morgan fingerprint density at radius 1 is 1.28 bits per heavy atom. The first kappa shape index (κ1) is 11.4. The number of nitrogens with zero attached hydrogens (tertiary/aromatic N) is 2. The van der Waals surface area contributed by atoms with Crippen LogP contribution in [-0.4, -0.2) is 9.78 Å². The van der Waals surface area contributed by atoms with Gasteiger partial charge in [0.1, 0.15) is 5.82 Å². The predicted molar refractivity (Wildman–Crippen MR) is 67.6 cm³/mol. The van der Waals surface area contributed by atoms with E-state index >= 15 is 0 Å². The molecule has 3 nitrogen and oxygen atoms in total. The second-order valence-electron chi connectivity index (χ2n) is 4.81. The van der Waals surface area contributed by atoms with Crippen LogP contribution < -0.4 is 5.73 Å². The summed E-state index contributed by atoms with van der Waals surface area (Å²) < 4.78 is 15.8. The molecule has 1 aliphatic carbocycles. The van der Waals surface area contributed by atoms with E-state index in [9.17, 15) is 4.39 Å². The van der Waals surface area contributed by atoms with Crippen molar-refractivity contribution in [2.45, 2.75) is 31.8 Å². The predicted octanol–water partition coefficient (Wildman–Crippen LogP) is 2.41. The van der Waals surface area contributed by atoms with Crippen molar-refractivity contribution in [1.29, 1.82) is 0 Å². The van der Waals surface area contributed by atoms with Gasteiger partial charge in [-0.25, -0.2) is 4.39 Å². The largest absolute Gasteiger partial charge is 0.326 e. The topological polar surface area (TPSA) is 43.8 Å². The number of halogens is 1. The third-order valence-electron chi connectivity index (χ3n) is 3.37. The van der Waals surface area contributed by atoms with Gasteiger partial charge < -0.3 is 5.73 Å². The number of hydrogen-bond donors (Lipinski definition) is 1. The summed E-state index contributed by atoms with van der Waals surface area (Å²) in [5.74, 6) is 0.426. The number of benzene rings is 1. The smallest absolute Gasteiger partial charge is 0.132 e. The van der Waals surface area contributed by atoms with E-state index in [1.165, 1.54) is 12.8 Å². The fourth-order valence-corrected chi connectivity index (χ4v) is 2.15. The second kappa shape index (κ2) is 4.53. The molecule has 0 aliphatic heterocycles. The van der Waals surface area contributed by atoms with Gasteiger partial charge in [-0.05, 0) is 18.9 Å². The van der Waals surface area contributed by atoms with Gasteiger partial charge in [0.15, 0.2) is 0 Å². The molecule has 0 radical (unpaired) electrons. The molecule has 1 aromatic carbocycles. The van der Waals surface area contributed by atoms with Gasteiger partial charge in [-0.15, -0.1) is 0 Å². The number of hydrogen-bond acceptors (Lipinski definition) is 2. The van der Waals surface area contributed by atoms with E-state index in [0.29, 0.717) is 23.6 Å². The van der Waals surface area contributed by atoms with Crippen molar-refractivity contribution in [3.8, 4) is 0 Å². The summed E-state index contributed by atoms with van der Waals surface area (Å²) in [7, 11) is 0. The van der Waals surface area contributed by atoms with Crippen molar-refractivity contribution in [3.05, 3.63) is 53.1 Å². The van der Waals surface area contributed by atoms with Gasteiger partial charge >= 0.3 is 0 Å². The molecule has 1 aliphatic rings. The molecule has 1 aromatic heterocycles. The summed E-state index contributed by atoms with van der Waals surface area (Å²) in [6.45, 7) is 0.693. The molecule has 4 heteroatoms. The highest BCUT2D eigenvalue weighted by molar-refractivity contribution is 5.26. The standard InChI is InChI=1S/C14H16FN3/c15-14-11(8-16)2-1-3-12(14)9-18-7-6-13(17-18)10-4-5-10/h1-3,6-7,10H,4-5,8-9,16H2.